The summed E-state index contributed by atoms with van der Waals surface area (Å²) in [7, 11) is 16.1. The molecule has 0 aliphatic rings. The summed E-state index contributed by atoms with van der Waals surface area (Å²) in [6, 6.07) is 51.0. The quantitative estimate of drug-likeness (QED) is 0.0802. The van der Waals surface area contributed by atoms with Crippen LogP contribution in [0.25, 0.3) is 0 Å². The second kappa shape index (κ2) is 18.5. The summed E-state index contributed by atoms with van der Waals surface area (Å²) in [5, 5.41) is 7.64. The van der Waals surface area contributed by atoms with Gasteiger partial charge in [0.15, 0.2) is 0 Å². The highest BCUT2D eigenvalue weighted by Gasteiger charge is 2.50. The lowest BCUT2D eigenvalue weighted by molar-refractivity contribution is -0.139. The van der Waals surface area contributed by atoms with Crippen LogP contribution in [0, 0.1) is 9.81 Å². The highest BCUT2D eigenvalue weighted by atomic mass is 16.5. The number of benzene rings is 6. The molecule has 2 unspecified atom stereocenters. The highest BCUT2D eigenvalue weighted by molar-refractivity contribution is 5.55. The smallest absolute Gasteiger partial charge is 0.122 e. The first-order chi connectivity index (χ1) is 28.4. The average Bonchev–Trinajstić information content (AvgIpc) is 3.27. The molecule has 0 saturated heterocycles. The number of nitroso groups, excluding NO2 is 2. The molecule has 0 bridgehead atoms. The van der Waals surface area contributed by atoms with Crippen molar-refractivity contribution in [3.63, 3.8) is 0 Å². The normalized spacial score (nSPS) is 12.6. The molecule has 0 saturated carbocycles. The van der Waals surface area contributed by atoms with Crippen molar-refractivity contribution in [1.29, 1.82) is 0 Å². The predicted octanol–water partition coefficient (Wildman–Crippen LogP) is 11.0. The van der Waals surface area contributed by atoms with Crippen LogP contribution in [0.3, 0.4) is 0 Å². The number of hydrogen-bond donors (Lipinski definition) is 0. The lowest BCUT2D eigenvalue weighted by Gasteiger charge is -2.47. The van der Waals surface area contributed by atoms with Crippen molar-refractivity contribution in [3.8, 4) is 0 Å². The Morgan fingerprint density at radius 2 is 0.627 bits per heavy atom. The summed E-state index contributed by atoms with van der Waals surface area (Å²) in [6.07, 6.45) is 0.307. The van der Waals surface area contributed by atoms with E-state index in [4.69, 9.17) is 4.74 Å². The van der Waals surface area contributed by atoms with Gasteiger partial charge in [0.2, 0.25) is 0 Å². The van der Waals surface area contributed by atoms with E-state index >= 15 is 0 Å². The first-order valence-corrected chi connectivity index (χ1v) is 20.0. The molecule has 0 radical (unpaired) electrons. The summed E-state index contributed by atoms with van der Waals surface area (Å²) in [6.45, 7) is 0. The topological polar surface area (TPSA) is 81.0 Å². The lowest BCUT2D eigenvalue weighted by atomic mass is 9.75. The predicted molar refractivity (Wildman–Crippen MR) is 245 cm³/mol. The Kier molecular flexibility index (Phi) is 13.3. The van der Waals surface area contributed by atoms with Crippen molar-refractivity contribution in [2.45, 2.75) is 36.1 Å². The van der Waals surface area contributed by atoms with Crippen LogP contribution < -0.4 is 19.6 Å². The maximum atomic E-state index is 13.3. The minimum absolute atomic E-state index is 0.154. The Labute approximate surface area is 349 Å². The molecule has 0 aliphatic heterocycles. The zero-order chi connectivity index (χ0) is 42.2. The van der Waals surface area contributed by atoms with Gasteiger partial charge in [0, 0.05) is 92.0 Å². The molecule has 0 N–H and O–H groups in total. The van der Waals surface area contributed by atoms with Gasteiger partial charge in [0.25, 0.3) is 0 Å². The third-order valence-electron chi connectivity index (χ3n) is 11.3. The number of nitrogens with zero attached hydrogens (tertiary/aromatic N) is 6. The number of anilines is 4. The van der Waals surface area contributed by atoms with Crippen LogP contribution in [0.5, 0.6) is 0 Å². The van der Waals surface area contributed by atoms with E-state index in [-0.39, 0.29) is 12.8 Å². The molecule has 0 aliphatic carbocycles. The van der Waals surface area contributed by atoms with E-state index in [1.54, 1.807) is 0 Å². The molecule has 6 aromatic rings. The Morgan fingerprint density at radius 1 is 0.390 bits per heavy atom. The largest absolute Gasteiger partial charge is 0.378 e. The Hall–Kier alpha value is -6.32. The molecular weight excluding hydrogens is 733 g/mol. The third-order valence-corrected chi connectivity index (χ3v) is 11.3. The summed E-state index contributed by atoms with van der Waals surface area (Å²) >= 11 is 0. The number of hydrogen-bond acceptors (Lipinski definition) is 9. The van der Waals surface area contributed by atoms with E-state index in [2.05, 4.69) is 127 Å². The number of rotatable bonds is 18. The van der Waals surface area contributed by atoms with Gasteiger partial charge < -0.3 is 24.3 Å². The fourth-order valence-corrected chi connectivity index (χ4v) is 7.86. The van der Waals surface area contributed by atoms with E-state index in [9.17, 15) is 9.81 Å². The van der Waals surface area contributed by atoms with Crippen LogP contribution in [0.2, 0.25) is 0 Å². The first-order valence-electron chi connectivity index (χ1n) is 20.0. The maximum absolute atomic E-state index is 13.3. The zero-order valence-corrected chi connectivity index (χ0v) is 35.5. The average molecular weight is 789 g/mol. The summed E-state index contributed by atoms with van der Waals surface area (Å²) in [5.41, 5.74) is 6.28. The minimum Gasteiger partial charge on any atom is -0.378 e. The first kappa shape index (κ1) is 42.3. The zero-order valence-electron chi connectivity index (χ0n) is 35.5. The fourth-order valence-electron chi connectivity index (χ4n) is 7.86. The molecule has 0 aromatic heterocycles. The molecule has 9 nitrogen and oxygen atoms in total. The van der Waals surface area contributed by atoms with Crippen LogP contribution in [0.4, 0.5) is 22.7 Å². The molecule has 6 rings (SSSR count). The van der Waals surface area contributed by atoms with Crippen LogP contribution in [-0.2, 0) is 15.9 Å². The molecule has 0 amide bonds. The lowest BCUT2D eigenvalue weighted by Crippen LogP contribution is -2.44. The van der Waals surface area contributed by atoms with Gasteiger partial charge >= 0.3 is 0 Å². The van der Waals surface area contributed by atoms with Crippen molar-refractivity contribution in [2.75, 3.05) is 76.0 Å². The van der Waals surface area contributed by atoms with E-state index in [0.29, 0.717) is 0 Å². The van der Waals surface area contributed by atoms with Gasteiger partial charge in [0.05, 0.1) is 0 Å². The van der Waals surface area contributed by atoms with Crippen molar-refractivity contribution in [1.82, 2.24) is 0 Å². The molecular formula is C50H56N6O3. The monoisotopic (exact) mass is 788 g/mol. The van der Waals surface area contributed by atoms with Crippen LogP contribution >= 0.6 is 0 Å². The fraction of sp³-hybridized carbons (Fsp3) is 0.280. The second-order valence-electron chi connectivity index (χ2n) is 16.0. The van der Waals surface area contributed by atoms with Gasteiger partial charge in [0.1, 0.15) is 23.3 Å². The second-order valence-corrected chi connectivity index (χ2v) is 16.0. The summed E-state index contributed by atoms with van der Waals surface area (Å²) in [4.78, 5) is 34.8. The van der Waals surface area contributed by atoms with Crippen LogP contribution in [0.1, 0.15) is 58.3 Å². The van der Waals surface area contributed by atoms with Gasteiger partial charge in [-0.2, -0.15) is 9.81 Å². The van der Waals surface area contributed by atoms with E-state index in [0.717, 1.165) is 56.1 Å². The van der Waals surface area contributed by atoms with Gasteiger partial charge in [-0.25, -0.2) is 0 Å². The molecule has 304 valence electrons. The Balaban J connectivity index is 1.74. The van der Waals surface area contributed by atoms with Crippen molar-refractivity contribution in [2.24, 2.45) is 10.4 Å². The van der Waals surface area contributed by atoms with Gasteiger partial charge in [-0.1, -0.05) is 120 Å². The molecule has 6 aromatic carbocycles. The van der Waals surface area contributed by atoms with Gasteiger partial charge in [-0.15, -0.1) is 0 Å². The van der Waals surface area contributed by atoms with Crippen molar-refractivity contribution >= 4 is 22.7 Å². The van der Waals surface area contributed by atoms with Crippen molar-refractivity contribution < 1.29 is 4.74 Å². The van der Waals surface area contributed by atoms with Gasteiger partial charge in [-0.3, -0.25) is 0 Å². The highest BCUT2D eigenvalue weighted by Crippen LogP contribution is 2.53. The Morgan fingerprint density at radius 3 is 0.831 bits per heavy atom. The molecule has 0 heterocycles. The van der Waals surface area contributed by atoms with E-state index in [1.165, 1.54) is 0 Å². The van der Waals surface area contributed by atoms with Gasteiger partial charge in [-0.05, 0) is 81.9 Å². The molecule has 0 spiro atoms. The van der Waals surface area contributed by atoms with E-state index in [1.807, 2.05) is 117 Å². The Bertz CT molecular complexity index is 1980. The van der Waals surface area contributed by atoms with E-state index < -0.39 is 23.3 Å². The van der Waals surface area contributed by atoms with Crippen LogP contribution in [0.15, 0.2) is 168 Å². The molecule has 59 heavy (non-hydrogen) atoms. The van der Waals surface area contributed by atoms with Crippen LogP contribution in [-0.4, -0.2) is 56.4 Å². The maximum Gasteiger partial charge on any atom is 0.122 e. The minimum atomic E-state index is -1.32. The standard InChI is InChI=1S/C50H56N6O3/c1-53(2)43-27-19-39(20-28-43)49(40-21-29-44(30-22-40)54(3)4,35-47(51-57)37-15-11-9-12-16-37)59-50(41-23-31-45(32-24-41)55(5)6,42-25-33-46(34-26-42)56(7)8)36-48(52-58)38-17-13-10-14-18-38/h9-34,47-48H,35-36H2,1-8H3. The molecule has 0 fully saturated rings. The summed E-state index contributed by atoms with van der Waals surface area (Å²) in [5.74, 6) is 0. The van der Waals surface area contributed by atoms with Crippen molar-refractivity contribution in [3.05, 3.63) is 201 Å². The molecule has 2 atom stereocenters. The SMILES string of the molecule is CN(C)c1ccc(C(CC(N=O)c2ccccc2)(OC(CC(N=O)c2ccccc2)(c2ccc(N(C)C)cc2)c2ccc(N(C)C)cc2)c2ccc(N(C)C)cc2)cc1. The number of ether oxygens (including phenoxy) is 1. The third kappa shape index (κ3) is 9.21. The summed E-state index contributed by atoms with van der Waals surface area (Å²) < 4.78 is 8.23. The molecule has 9 heteroatoms.